The molecule has 0 aliphatic heterocycles. The fourth-order valence-corrected chi connectivity index (χ4v) is 2.61. The Bertz CT molecular complexity index is 364. The molecule has 0 spiro atoms. The van der Waals surface area contributed by atoms with E-state index in [0.29, 0.717) is 17.9 Å². The van der Waals surface area contributed by atoms with Crippen LogP contribution in [0.1, 0.15) is 42.8 Å². The summed E-state index contributed by atoms with van der Waals surface area (Å²) in [5.74, 6) is 0.441. The lowest BCUT2D eigenvalue weighted by molar-refractivity contribution is 0.0931. The van der Waals surface area contributed by atoms with Crippen molar-refractivity contribution in [1.82, 2.24) is 10.5 Å². The fraction of sp³-hybridized carbons (Fsp3) is 0.667. The standard InChI is InChI=1S/C12H19BrN2O2/c1-4-12(5-2,7-13)8-14-11(16)10-6-15-17-9(10)3/h6H,4-5,7-8H2,1-3H3,(H,14,16). The van der Waals surface area contributed by atoms with Gasteiger partial charge in [-0.1, -0.05) is 34.9 Å². The maximum absolute atomic E-state index is 11.9. The second-order valence-electron chi connectivity index (χ2n) is 4.32. The molecule has 1 amide bonds. The third kappa shape index (κ3) is 3.31. The summed E-state index contributed by atoms with van der Waals surface area (Å²) in [5.41, 5.74) is 0.640. The molecule has 1 aromatic heterocycles. The highest BCUT2D eigenvalue weighted by Gasteiger charge is 2.26. The Morgan fingerprint density at radius 2 is 2.18 bits per heavy atom. The quantitative estimate of drug-likeness (QED) is 0.822. The number of halogens is 1. The highest BCUT2D eigenvalue weighted by molar-refractivity contribution is 9.09. The molecule has 1 heterocycles. The van der Waals surface area contributed by atoms with E-state index < -0.39 is 0 Å². The third-order valence-electron chi connectivity index (χ3n) is 3.40. The third-order valence-corrected chi connectivity index (χ3v) is 4.59. The summed E-state index contributed by atoms with van der Waals surface area (Å²) in [5, 5.41) is 7.44. The molecule has 0 radical (unpaired) electrons. The van der Waals surface area contributed by atoms with E-state index in [2.05, 4.69) is 40.3 Å². The normalized spacial score (nSPS) is 11.5. The van der Waals surface area contributed by atoms with Gasteiger partial charge < -0.3 is 9.84 Å². The second-order valence-corrected chi connectivity index (χ2v) is 4.88. The van der Waals surface area contributed by atoms with Gasteiger partial charge in [0.25, 0.3) is 5.91 Å². The molecule has 0 saturated carbocycles. The van der Waals surface area contributed by atoms with E-state index in [4.69, 9.17) is 4.52 Å². The van der Waals surface area contributed by atoms with E-state index in [9.17, 15) is 4.79 Å². The molecule has 1 N–H and O–H groups in total. The number of hydrogen-bond donors (Lipinski definition) is 1. The van der Waals surface area contributed by atoms with Crippen LogP contribution in [0.2, 0.25) is 0 Å². The molecule has 0 aliphatic rings. The van der Waals surface area contributed by atoms with Gasteiger partial charge in [0.1, 0.15) is 11.3 Å². The van der Waals surface area contributed by atoms with Crippen LogP contribution in [0.25, 0.3) is 0 Å². The molecule has 4 nitrogen and oxygen atoms in total. The van der Waals surface area contributed by atoms with Crippen molar-refractivity contribution in [3.63, 3.8) is 0 Å². The first kappa shape index (κ1) is 14.2. The Labute approximate surface area is 110 Å². The molecule has 0 saturated heterocycles. The first-order valence-electron chi connectivity index (χ1n) is 5.84. The Hall–Kier alpha value is -0.840. The lowest BCUT2D eigenvalue weighted by atomic mass is 9.84. The molecule has 0 aromatic carbocycles. The molecule has 1 aromatic rings. The van der Waals surface area contributed by atoms with Crippen molar-refractivity contribution < 1.29 is 9.32 Å². The summed E-state index contributed by atoms with van der Waals surface area (Å²) in [6.45, 7) is 6.68. The summed E-state index contributed by atoms with van der Waals surface area (Å²) >= 11 is 3.52. The SMILES string of the molecule is CCC(CC)(CBr)CNC(=O)c1cnoc1C. The molecule has 1 rings (SSSR count). The van der Waals surface area contributed by atoms with Crippen molar-refractivity contribution in [3.8, 4) is 0 Å². The van der Waals surface area contributed by atoms with Gasteiger partial charge in [-0.05, 0) is 25.2 Å². The largest absolute Gasteiger partial charge is 0.361 e. The Balaban J connectivity index is 2.62. The number of carbonyl (C=O) groups is 1. The average molecular weight is 303 g/mol. The van der Waals surface area contributed by atoms with Crippen molar-refractivity contribution in [2.45, 2.75) is 33.6 Å². The molecule has 17 heavy (non-hydrogen) atoms. The molecule has 0 fully saturated rings. The first-order chi connectivity index (χ1) is 8.08. The monoisotopic (exact) mass is 302 g/mol. The van der Waals surface area contributed by atoms with Crippen LogP contribution in [0.4, 0.5) is 0 Å². The fourth-order valence-electron chi connectivity index (χ4n) is 1.62. The minimum atomic E-state index is -0.115. The lowest BCUT2D eigenvalue weighted by Gasteiger charge is -2.29. The molecule has 5 heteroatoms. The average Bonchev–Trinajstić information content (AvgIpc) is 2.78. The van der Waals surface area contributed by atoms with E-state index in [1.807, 2.05) is 0 Å². The van der Waals surface area contributed by atoms with Gasteiger partial charge in [0.15, 0.2) is 0 Å². The van der Waals surface area contributed by atoms with Crippen molar-refractivity contribution in [2.24, 2.45) is 5.41 Å². The molecule has 0 bridgehead atoms. The van der Waals surface area contributed by atoms with Crippen LogP contribution in [0.3, 0.4) is 0 Å². The maximum atomic E-state index is 11.9. The Morgan fingerprint density at radius 1 is 1.53 bits per heavy atom. The van der Waals surface area contributed by atoms with Crippen LogP contribution in [-0.2, 0) is 0 Å². The zero-order valence-electron chi connectivity index (χ0n) is 10.5. The van der Waals surface area contributed by atoms with E-state index in [1.54, 1.807) is 6.92 Å². The number of nitrogens with zero attached hydrogens (tertiary/aromatic N) is 1. The Morgan fingerprint density at radius 3 is 2.59 bits per heavy atom. The van der Waals surface area contributed by atoms with Gasteiger partial charge in [-0.25, -0.2) is 0 Å². The van der Waals surface area contributed by atoms with Crippen molar-refractivity contribution in [3.05, 3.63) is 17.5 Å². The van der Waals surface area contributed by atoms with Gasteiger partial charge in [0.2, 0.25) is 0 Å². The predicted octanol–water partition coefficient (Wildman–Crippen LogP) is 2.91. The van der Waals surface area contributed by atoms with Crippen LogP contribution in [-0.4, -0.2) is 22.9 Å². The summed E-state index contributed by atoms with van der Waals surface area (Å²) in [6, 6.07) is 0. The van der Waals surface area contributed by atoms with Gasteiger partial charge in [-0.3, -0.25) is 4.79 Å². The van der Waals surface area contributed by atoms with Gasteiger partial charge in [0.05, 0.1) is 6.20 Å². The molecule has 0 unspecified atom stereocenters. The topological polar surface area (TPSA) is 55.1 Å². The van der Waals surface area contributed by atoms with Crippen molar-refractivity contribution in [1.29, 1.82) is 0 Å². The van der Waals surface area contributed by atoms with Crippen LogP contribution in [0, 0.1) is 12.3 Å². The number of rotatable bonds is 6. The minimum absolute atomic E-state index is 0.115. The molecular weight excluding hydrogens is 284 g/mol. The maximum Gasteiger partial charge on any atom is 0.256 e. The van der Waals surface area contributed by atoms with Crippen molar-refractivity contribution >= 4 is 21.8 Å². The highest BCUT2D eigenvalue weighted by Crippen LogP contribution is 2.27. The van der Waals surface area contributed by atoms with Gasteiger partial charge in [-0.2, -0.15) is 0 Å². The molecule has 96 valence electrons. The summed E-state index contributed by atoms with van der Waals surface area (Å²) in [4.78, 5) is 11.9. The van der Waals surface area contributed by atoms with E-state index >= 15 is 0 Å². The number of nitrogens with one attached hydrogen (secondary N) is 1. The molecular formula is C12H19BrN2O2. The van der Waals surface area contributed by atoms with E-state index in [-0.39, 0.29) is 11.3 Å². The molecule has 0 atom stereocenters. The number of aromatic nitrogens is 1. The van der Waals surface area contributed by atoms with E-state index in [1.165, 1.54) is 6.20 Å². The Kier molecular flexibility index (Phi) is 5.18. The number of amides is 1. The lowest BCUT2D eigenvalue weighted by Crippen LogP contribution is -2.38. The predicted molar refractivity (Wildman–Crippen MR) is 70.4 cm³/mol. The van der Waals surface area contributed by atoms with Gasteiger partial charge >= 0.3 is 0 Å². The van der Waals surface area contributed by atoms with Gasteiger partial charge in [-0.15, -0.1) is 0 Å². The minimum Gasteiger partial charge on any atom is -0.361 e. The van der Waals surface area contributed by atoms with Crippen LogP contribution in [0.5, 0.6) is 0 Å². The van der Waals surface area contributed by atoms with Crippen LogP contribution in [0.15, 0.2) is 10.7 Å². The summed E-state index contributed by atoms with van der Waals surface area (Å²) in [6.07, 6.45) is 3.51. The van der Waals surface area contributed by atoms with Gasteiger partial charge in [0, 0.05) is 11.9 Å². The second kappa shape index (κ2) is 6.19. The first-order valence-corrected chi connectivity index (χ1v) is 6.96. The zero-order chi connectivity index (χ0) is 12.9. The zero-order valence-corrected chi connectivity index (χ0v) is 12.1. The van der Waals surface area contributed by atoms with Crippen molar-refractivity contribution in [2.75, 3.05) is 11.9 Å². The van der Waals surface area contributed by atoms with Crippen LogP contribution >= 0.6 is 15.9 Å². The summed E-state index contributed by atoms with van der Waals surface area (Å²) < 4.78 is 4.88. The smallest absolute Gasteiger partial charge is 0.256 e. The number of alkyl halides is 1. The number of aryl methyl sites for hydroxylation is 1. The molecule has 0 aliphatic carbocycles. The number of carbonyl (C=O) groups excluding carboxylic acids is 1. The van der Waals surface area contributed by atoms with Crippen LogP contribution < -0.4 is 5.32 Å². The number of hydrogen-bond acceptors (Lipinski definition) is 3. The highest BCUT2D eigenvalue weighted by atomic mass is 79.9. The summed E-state index contributed by atoms with van der Waals surface area (Å²) in [7, 11) is 0. The van der Waals surface area contributed by atoms with E-state index in [0.717, 1.165) is 18.2 Å².